The van der Waals surface area contributed by atoms with Crippen LogP contribution in [0.5, 0.6) is 0 Å². The fourth-order valence-electron chi connectivity index (χ4n) is 4.03. The maximum absolute atomic E-state index is 13.0. The molecule has 1 aromatic carbocycles. The summed E-state index contributed by atoms with van der Waals surface area (Å²) >= 11 is 6.10. The lowest BCUT2D eigenvalue weighted by atomic mass is 9.68. The maximum Gasteiger partial charge on any atom is 0.233 e. The first-order valence-electron chi connectivity index (χ1n) is 7.69. The topological polar surface area (TPSA) is 20.3 Å². The van der Waals surface area contributed by atoms with Crippen LogP contribution < -0.4 is 0 Å². The van der Waals surface area contributed by atoms with E-state index >= 15 is 0 Å². The van der Waals surface area contributed by atoms with E-state index in [-0.39, 0.29) is 5.41 Å². The van der Waals surface area contributed by atoms with Gasteiger partial charge in [-0.15, -0.1) is 0 Å². The molecular weight excluding hydrogens is 270 g/mol. The van der Waals surface area contributed by atoms with E-state index in [1.165, 1.54) is 25.7 Å². The van der Waals surface area contributed by atoms with Crippen LogP contribution in [0.2, 0.25) is 5.02 Å². The van der Waals surface area contributed by atoms with Crippen molar-refractivity contribution >= 4 is 17.5 Å². The molecule has 1 saturated heterocycles. The molecule has 1 spiro atoms. The minimum atomic E-state index is -0.250. The highest BCUT2D eigenvalue weighted by Gasteiger charge is 2.55. The van der Waals surface area contributed by atoms with Gasteiger partial charge in [0.2, 0.25) is 5.91 Å². The van der Waals surface area contributed by atoms with Gasteiger partial charge in [-0.25, -0.2) is 0 Å². The van der Waals surface area contributed by atoms with E-state index in [2.05, 4.69) is 11.0 Å². The van der Waals surface area contributed by atoms with E-state index < -0.39 is 0 Å². The third-order valence-corrected chi connectivity index (χ3v) is 5.91. The average molecular weight is 290 g/mol. The molecule has 3 fully saturated rings. The Bertz CT molecular complexity index is 560. The van der Waals surface area contributed by atoms with E-state index in [0.29, 0.717) is 11.3 Å². The van der Waals surface area contributed by atoms with Gasteiger partial charge in [-0.05, 0) is 55.2 Å². The molecule has 3 heteroatoms. The Balaban J connectivity index is 1.56. The Labute approximate surface area is 125 Å². The fourth-order valence-corrected chi connectivity index (χ4v) is 4.22. The number of halogens is 1. The molecule has 4 rings (SSSR count). The molecule has 0 atom stereocenters. The summed E-state index contributed by atoms with van der Waals surface area (Å²) in [6, 6.07) is 7.88. The molecule has 0 radical (unpaired) electrons. The van der Waals surface area contributed by atoms with Crippen molar-refractivity contribution in [2.45, 2.75) is 43.9 Å². The molecule has 3 aliphatic rings. The van der Waals surface area contributed by atoms with Gasteiger partial charge in [0.25, 0.3) is 0 Å². The third-order valence-electron chi connectivity index (χ3n) is 5.68. The zero-order valence-electron chi connectivity index (χ0n) is 11.7. The largest absolute Gasteiger partial charge is 0.341 e. The third kappa shape index (κ3) is 1.81. The van der Waals surface area contributed by atoms with Gasteiger partial charge in [-0.3, -0.25) is 4.79 Å². The summed E-state index contributed by atoms with van der Waals surface area (Å²) in [5, 5.41) is 0.735. The molecule has 2 saturated carbocycles. The predicted octanol–water partition coefficient (Wildman–Crippen LogP) is 3.77. The number of carbonyl (C=O) groups excluding carboxylic acids is 1. The van der Waals surface area contributed by atoms with Gasteiger partial charge >= 0.3 is 0 Å². The number of amides is 1. The molecule has 1 heterocycles. The lowest BCUT2D eigenvalue weighted by Gasteiger charge is -2.38. The van der Waals surface area contributed by atoms with Crippen LogP contribution in [-0.2, 0) is 10.2 Å². The molecule has 2 aliphatic carbocycles. The number of nitrogens with zero attached hydrogens (tertiary/aromatic N) is 1. The Hall–Kier alpha value is -1.02. The molecule has 1 amide bonds. The number of likely N-dealkylation sites (tertiary alicyclic amines) is 1. The second kappa shape index (κ2) is 4.24. The lowest BCUT2D eigenvalue weighted by Crippen LogP contribution is -2.40. The molecular formula is C17H20ClNO. The van der Waals surface area contributed by atoms with Crippen molar-refractivity contribution in [2.75, 3.05) is 13.1 Å². The average Bonchev–Trinajstić information content (AvgIpc) is 3.08. The maximum atomic E-state index is 13.0. The highest BCUT2D eigenvalue weighted by molar-refractivity contribution is 6.30. The van der Waals surface area contributed by atoms with Gasteiger partial charge in [0.15, 0.2) is 0 Å². The first kappa shape index (κ1) is 12.7. The van der Waals surface area contributed by atoms with Crippen molar-refractivity contribution < 1.29 is 4.79 Å². The normalized spacial score (nSPS) is 25.6. The molecule has 0 bridgehead atoms. The van der Waals surface area contributed by atoms with Gasteiger partial charge < -0.3 is 4.90 Å². The van der Waals surface area contributed by atoms with Crippen LogP contribution in [0.4, 0.5) is 0 Å². The Morgan fingerprint density at radius 1 is 1.15 bits per heavy atom. The van der Waals surface area contributed by atoms with Crippen LogP contribution >= 0.6 is 11.6 Å². The van der Waals surface area contributed by atoms with Gasteiger partial charge in [-0.2, -0.15) is 0 Å². The van der Waals surface area contributed by atoms with Crippen LogP contribution in [0.1, 0.15) is 44.1 Å². The Morgan fingerprint density at radius 3 is 2.50 bits per heavy atom. The first-order chi connectivity index (χ1) is 9.64. The standard InChI is InChI=1S/C17H20ClNO/c18-14-4-1-3-13(11-14)17(7-8-17)15(20)19-10-9-16(12-19)5-2-6-16/h1,3-4,11H,2,5-10,12H2. The molecule has 0 N–H and O–H groups in total. The van der Waals surface area contributed by atoms with E-state index in [4.69, 9.17) is 11.6 Å². The molecule has 0 unspecified atom stereocenters. The van der Waals surface area contributed by atoms with Gasteiger partial charge in [0.05, 0.1) is 5.41 Å². The van der Waals surface area contributed by atoms with Gasteiger partial charge in [-0.1, -0.05) is 30.2 Å². The second-order valence-electron chi connectivity index (χ2n) is 6.92. The highest BCUT2D eigenvalue weighted by Crippen LogP contribution is 2.53. The van der Waals surface area contributed by atoms with E-state index in [1.807, 2.05) is 18.2 Å². The zero-order chi connectivity index (χ0) is 13.8. The lowest BCUT2D eigenvalue weighted by molar-refractivity contribution is -0.133. The molecule has 106 valence electrons. The zero-order valence-corrected chi connectivity index (χ0v) is 12.5. The minimum Gasteiger partial charge on any atom is -0.341 e. The molecule has 1 aromatic rings. The van der Waals surface area contributed by atoms with Crippen molar-refractivity contribution in [3.63, 3.8) is 0 Å². The number of hydrogen-bond donors (Lipinski definition) is 0. The molecule has 1 aliphatic heterocycles. The van der Waals surface area contributed by atoms with Gasteiger partial charge in [0, 0.05) is 18.1 Å². The minimum absolute atomic E-state index is 0.250. The van der Waals surface area contributed by atoms with Crippen molar-refractivity contribution in [1.29, 1.82) is 0 Å². The second-order valence-corrected chi connectivity index (χ2v) is 7.36. The first-order valence-corrected chi connectivity index (χ1v) is 8.07. The summed E-state index contributed by atoms with van der Waals surface area (Å²) in [6.45, 7) is 1.95. The van der Waals surface area contributed by atoms with E-state index in [0.717, 1.165) is 36.5 Å². The number of hydrogen-bond acceptors (Lipinski definition) is 1. The summed E-state index contributed by atoms with van der Waals surface area (Å²) in [5.41, 5.74) is 1.35. The van der Waals surface area contributed by atoms with Crippen molar-refractivity contribution in [3.05, 3.63) is 34.9 Å². The monoisotopic (exact) mass is 289 g/mol. The highest BCUT2D eigenvalue weighted by atomic mass is 35.5. The molecule has 0 aromatic heterocycles. The van der Waals surface area contributed by atoms with Gasteiger partial charge in [0.1, 0.15) is 0 Å². The summed E-state index contributed by atoms with van der Waals surface area (Å²) in [5.74, 6) is 0.351. The summed E-state index contributed by atoms with van der Waals surface area (Å²) in [4.78, 5) is 15.1. The van der Waals surface area contributed by atoms with E-state index in [9.17, 15) is 4.79 Å². The van der Waals surface area contributed by atoms with Crippen LogP contribution in [0.25, 0.3) is 0 Å². The van der Waals surface area contributed by atoms with Crippen LogP contribution in [0.15, 0.2) is 24.3 Å². The number of rotatable bonds is 2. The SMILES string of the molecule is O=C(N1CCC2(CCC2)C1)C1(c2cccc(Cl)c2)CC1. The fraction of sp³-hybridized carbons (Fsp3) is 0.588. The Morgan fingerprint density at radius 2 is 1.95 bits per heavy atom. The number of carbonyl (C=O) groups is 1. The smallest absolute Gasteiger partial charge is 0.233 e. The predicted molar refractivity (Wildman–Crippen MR) is 79.8 cm³/mol. The van der Waals surface area contributed by atoms with Crippen LogP contribution in [-0.4, -0.2) is 23.9 Å². The van der Waals surface area contributed by atoms with Crippen LogP contribution in [0.3, 0.4) is 0 Å². The van der Waals surface area contributed by atoms with E-state index in [1.54, 1.807) is 0 Å². The number of benzene rings is 1. The van der Waals surface area contributed by atoms with Crippen molar-refractivity contribution in [2.24, 2.45) is 5.41 Å². The van der Waals surface area contributed by atoms with Crippen LogP contribution in [0, 0.1) is 5.41 Å². The van der Waals surface area contributed by atoms with Crippen molar-refractivity contribution in [3.8, 4) is 0 Å². The Kier molecular flexibility index (Phi) is 2.69. The summed E-state index contributed by atoms with van der Waals surface area (Å²) < 4.78 is 0. The molecule has 20 heavy (non-hydrogen) atoms. The molecule has 2 nitrogen and oxygen atoms in total. The summed E-state index contributed by atoms with van der Waals surface area (Å²) in [7, 11) is 0. The van der Waals surface area contributed by atoms with Crippen molar-refractivity contribution in [1.82, 2.24) is 4.90 Å². The quantitative estimate of drug-likeness (QED) is 0.811. The summed E-state index contributed by atoms with van der Waals surface area (Å²) in [6.07, 6.45) is 7.17.